The number of carbonyl (C=O) groups excluding carboxylic acids is 3. The Morgan fingerprint density at radius 3 is 2.47 bits per heavy atom. The van der Waals surface area contributed by atoms with Gasteiger partial charge in [-0.05, 0) is 34.0 Å². The number of benzene rings is 4. The van der Waals surface area contributed by atoms with E-state index < -0.39 is 34.4 Å². The van der Waals surface area contributed by atoms with Crippen molar-refractivity contribution < 1.29 is 24.0 Å². The average molecular weight is 505 g/mol. The lowest BCUT2D eigenvalue weighted by atomic mass is 9.84. The number of ether oxygens (including phenoxy) is 1. The lowest BCUT2D eigenvalue weighted by Crippen LogP contribution is -2.38. The second-order valence-corrected chi connectivity index (χ2v) is 8.75. The third kappa shape index (κ3) is 4.52. The van der Waals surface area contributed by atoms with Gasteiger partial charge in [0.15, 0.2) is 5.78 Å². The number of hydrogen-bond donors (Lipinski definition) is 1. The lowest BCUT2D eigenvalue weighted by Gasteiger charge is -2.22. The van der Waals surface area contributed by atoms with Crippen molar-refractivity contribution >= 4 is 39.6 Å². The maximum Gasteiger partial charge on any atom is 0.292 e. The van der Waals surface area contributed by atoms with E-state index in [4.69, 9.17) is 4.74 Å². The van der Waals surface area contributed by atoms with Crippen molar-refractivity contribution in [1.29, 1.82) is 5.26 Å². The first kappa shape index (κ1) is 24.5. The molecule has 0 bridgehead atoms. The van der Waals surface area contributed by atoms with Crippen LogP contribution in [-0.2, 0) is 20.9 Å². The highest BCUT2D eigenvalue weighted by Gasteiger charge is 2.43. The third-order valence-electron chi connectivity index (χ3n) is 6.49. The number of ketones is 2. The molecule has 0 aromatic heterocycles. The molecule has 9 heteroatoms. The summed E-state index contributed by atoms with van der Waals surface area (Å²) in [7, 11) is 0. The minimum absolute atomic E-state index is 0.0823. The van der Waals surface area contributed by atoms with Crippen LogP contribution in [0.3, 0.4) is 0 Å². The Bertz CT molecular complexity index is 1670. The van der Waals surface area contributed by atoms with Crippen LogP contribution in [0.5, 0.6) is 0 Å². The molecule has 38 heavy (non-hydrogen) atoms. The fourth-order valence-corrected chi connectivity index (χ4v) is 4.58. The van der Waals surface area contributed by atoms with Gasteiger partial charge >= 0.3 is 0 Å². The molecule has 0 spiro atoms. The fourth-order valence-electron chi connectivity index (χ4n) is 4.58. The van der Waals surface area contributed by atoms with Crippen LogP contribution in [0.25, 0.3) is 10.8 Å². The topological polar surface area (TPSA) is 139 Å². The second-order valence-electron chi connectivity index (χ2n) is 8.75. The average Bonchev–Trinajstić information content (AvgIpc) is 3.36. The summed E-state index contributed by atoms with van der Waals surface area (Å²) >= 11 is 0. The van der Waals surface area contributed by atoms with Crippen molar-refractivity contribution in [3.8, 4) is 6.07 Å². The first-order valence-electron chi connectivity index (χ1n) is 11.6. The van der Waals surface area contributed by atoms with Crippen molar-refractivity contribution in [1.82, 2.24) is 0 Å². The van der Waals surface area contributed by atoms with Crippen LogP contribution in [0.1, 0.15) is 33.2 Å². The maximum atomic E-state index is 13.8. The molecule has 0 unspecified atom stereocenters. The van der Waals surface area contributed by atoms with Crippen LogP contribution in [0.15, 0.2) is 84.9 Å². The van der Waals surface area contributed by atoms with E-state index in [9.17, 15) is 29.8 Å². The second kappa shape index (κ2) is 10.0. The van der Waals surface area contributed by atoms with E-state index in [1.54, 1.807) is 36.4 Å². The van der Waals surface area contributed by atoms with Crippen LogP contribution in [-0.4, -0.2) is 22.4 Å². The van der Waals surface area contributed by atoms with Gasteiger partial charge in [-0.2, -0.15) is 5.26 Å². The molecule has 0 saturated carbocycles. The molecule has 4 aromatic rings. The number of rotatable bonds is 7. The van der Waals surface area contributed by atoms with Gasteiger partial charge in [-0.15, -0.1) is 0 Å². The molecule has 0 fully saturated rings. The number of amides is 1. The summed E-state index contributed by atoms with van der Waals surface area (Å²) in [6.45, 7) is 0.179. The van der Waals surface area contributed by atoms with E-state index in [-0.39, 0.29) is 29.1 Å². The Labute approximate surface area is 216 Å². The number of hydrogen-bond acceptors (Lipinski definition) is 7. The molecule has 1 N–H and O–H groups in total. The molecule has 5 rings (SSSR count). The first-order valence-corrected chi connectivity index (χ1v) is 11.6. The number of nitriles is 1. The van der Waals surface area contributed by atoms with Crippen molar-refractivity contribution in [3.63, 3.8) is 0 Å². The first-order chi connectivity index (χ1) is 18.4. The zero-order valence-electron chi connectivity index (χ0n) is 19.8. The van der Waals surface area contributed by atoms with Gasteiger partial charge in [0.05, 0.1) is 22.8 Å². The van der Waals surface area contributed by atoms with E-state index in [0.717, 1.165) is 28.5 Å². The number of carbonyl (C=O) groups is 3. The number of fused-ring (bicyclic) bond motifs is 2. The maximum absolute atomic E-state index is 13.8. The normalized spacial score (nSPS) is 14.8. The summed E-state index contributed by atoms with van der Waals surface area (Å²) in [5, 5.41) is 24.5. The molecule has 9 nitrogen and oxygen atoms in total. The van der Waals surface area contributed by atoms with Crippen LogP contribution in [0.4, 0.5) is 11.4 Å². The van der Waals surface area contributed by atoms with Crippen LogP contribution < -0.4 is 5.32 Å². The molecular formula is C29H19N3O6. The molecule has 1 aliphatic rings. The monoisotopic (exact) mass is 505 g/mol. The van der Waals surface area contributed by atoms with E-state index in [1.807, 2.05) is 36.4 Å². The summed E-state index contributed by atoms with van der Waals surface area (Å²) in [5.41, 5.74) is 1.08. The largest absolute Gasteiger partial charge is 0.368 e. The number of nitrogens with one attached hydrogen (secondary N) is 1. The quantitative estimate of drug-likeness (QED) is 0.124. The highest BCUT2D eigenvalue weighted by atomic mass is 16.6. The van der Waals surface area contributed by atoms with E-state index in [0.29, 0.717) is 5.56 Å². The van der Waals surface area contributed by atoms with Crippen molar-refractivity contribution in [2.75, 3.05) is 5.32 Å². The Morgan fingerprint density at radius 1 is 0.974 bits per heavy atom. The minimum atomic E-state index is -1.50. The number of nitro benzene ring substituents is 1. The predicted molar refractivity (Wildman–Crippen MR) is 137 cm³/mol. The standard InChI is InChI=1S/C29H19N3O6/c30-15-21-14-22(32(36)37)11-12-24(21)31-29(35)27(34)25(28-23-8-4-3-7-20(23)16-38-28)26(33)19-10-9-17-5-1-2-6-18(17)13-19/h1-14,25,28H,16H2,(H,31,35)/t25-,28-/m0/s1. The summed E-state index contributed by atoms with van der Waals surface area (Å²) in [4.78, 5) is 50.9. The smallest absolute Gasteiger partial charge is 0.292 e. The summed E-state index contributed by atoms with van der Waals surface area (Å²) < 4.78 is 5.88. The van der Waals surface area contributed by atoms with Crippen molar-refractivity contribution in [2.24, 2.45) is 5.92 Å². The molecule has 1 aliphatic heterocycles. The number of nitro groups is 1. The highest BCUT2D eigenvalue weighted by Crippen LogP contribution is 2.38. The Morgan fingerprint density at radius 2 is 1.71 bits per heavy atom. The van der Waals surface area contributed by atoms with Gasteiger partial charge in [0, 0.05) is 17.7 Å². The number of nitrogens with zero attached hydrogens (tertiary/aromatic N) is 2. The molecule has 186 valence electrons. The van der Waals surface area contributed by atoms with E-state index >= 15 is 0 Å². The van der Waals surface area contributed by atoms with Gasteiger partial charge in [0.1, 0.15) is 18.1 Å². The van der Waals surface area contributed by atoms with Gasteiger partial charge in [0.2, 0.25) is 5.78 Å². The zero-order valence-corrected chi connectivity index (χ0v) is 19.8. The molecule has 1 amide bonds. The SMILES string of the molecule is N#Cc1cc([N+](=O)[O-])ccc1NC(=O)C(=O)[C@H](C(=O)c1ccc2ccccc2c1)[C@H]1OCc2ccccc21. The number of non-ortho nitro benzene ring substituents is 1. The number of anilines is 1. The summed E-state index contributed by atoms with van der Waals surface area (Å²) in [5.74, 6) is -4.26. The van der Waals surface area contributed by atoms with Gasteiger partial charge in [0.25, 0.3) is 11.6 Å². The van der Waals surface area contributed by atoms with Gasteiger partial charge in [-0.25, -0.2) is 0 Å². The van der Waals surface area contributed by atoms with Crippen molar-refractivity contribution in [3.05, 3.63) is 117 Å². The van der Waals surface area contributed by atoms with E-state index in [2.05, 4.69) is 5.32 Å². The van der Waals surface area contributed by atoms with E-state index in [1.165, 1.54) is 6.07 Å². The zero-order chi connectivity index (χ0) is 26.8. The molecule has 1 heterocycles. The number of Topliss-reactive ketones (excluding diaryl/α,β-unsaturated/α-hetero) is 2. The highest BCUT2D eigenvalue weighted by molar-refractivity contribution is 6.45. The predicted octanol–water partition coefficient (Wildman–Crippen LogP) is 4.90. The van der Waals surface area contributed by atoms with Crippen LogP contribution in [0, 0.1) is 27.4 Å². The van der Waals surface area contributed by atoms with Gasteiger partial charge < -0.3 is 10.1 Å². The Hall–Kier alpha value is -5.20. The lowest BCUT2D eigenvalue weighted by molar-refractivity contribution is -0.384. The summed E-state index contributed by atoms with van der Waals surface area (Å²) in [6, 6.07) is 24.7. The minimum Gasteiger partial charge on any atom is -0.368 e. The third-order valence-corrected chi connectivity index (χ3v) is 6.49. The molecule has 0 saturated heterocycles. The summed E-state index contributed by atoms with van der Waals surface area (Å²) in [6.07, 6.45) is -0.990. The molecular weight excluding hydrogens is 486 g/mol. The van der Waals surface area contributed by atoms with Crippen LogP contribution in [0.2, 0.25) is 0 Å². The molecule has 0 aliphatic carbocycles. The molecule has 4 aromatic carbocycles. The Balaban J connectivity index is 1.51. The van der Waals surface area contributed by atoms with Crippen LogP contribution >= 0.6 is 0 Å². The molecule has 2 atom stereocenters. The molecule has 0 radical (unpaired) electrons. The fraction of sp³-hybridized carbons (Fsp3) is 0.103. The van der Waals surface area contributed by atoms with Gasteiger partial charge in [-0.1, -0.05) is 60.7 Å². The Kier molecular flexibility index (Phi) is 6.47. The van der Waals surface area contributed by atoms with Gasteiger partial charge in [-0.3, -0.25) is 24.5 Å². The van der Waals surface area contributed by atoms with Crippen molar-refractivity contribution in [2.45, 2.75) is 12.7 Å².